The Morgan fingerprint density at radius 3 is 2.60 bits per heavy atom. The molecular formula is C15H26N3O2+. The molecule has 1 aromatic carbocycles. The standard InChI is InChI=1S/C15H25N3O2/c1-3-6-12-10-13(17-15(16)7-5-8-19)14(18-20)9-11(12)4-2/h9-10,18-20H,3-8H2,1-2H3,(H2,16,17)/p+1. The minimum atomic E-state index is 0.102. The van der Waals surface area contributed by atoms with Gasteiger partial charge in [-0.25, -0.2) is 10.2 Å². The quantitative estimate of drug-likeness (QED) is 0.252. The summed E-state index contributed by atoms with van der Waals surface area (Å²) < 4.78 is 0. The van der Waals surface area contributed by atoms with Gasteiger partial charge < -0.3 is 10.8 Å². The van der Waals surface area contributed by atoms with Gasteiger partial charge in [0, 0.05) is 19.1 Å². The van der Waals surface area contributed by atoms with Crippen molar-refractivity contribution in [1.29, 1.82) is 0 Å². The van der Waals surface area contributed by atoms with Crippen molar-refractivity contribution in [2.45, 2.75) is 46.0 Å². The molecule has 5 nitrogen and oxygen atoms in total. The number of aliphatic imine (C=N–C) groups is 1. The summed E-state index contributed by atoms with van der Waals surface area (Å²) in [5, 5.41) is 18.2. The molecule has 20 heavy (non-hydrogen) atoms. The maximum Gasteiger partial charge on any atom is 0.188 e. The van der Waals surface area contributed by atoms with Gasteiger partial charge in [0.2, 0.25) is 0 Å². The van der Waals surface area contributed by atoms with Gasteiger partial charge in [-0.15, -0.1) is 0 Å². The molecule has 0 aliphatic rings. The number of hydrogen-bond acceptors (Lipinski definition) is 3. The Morgan fingerprint density at radius 2 is 2.05 bits per heavy atom. The first-order chi connectivity index (χ1) is 9.65. The van der Waals surface area contributed by atoms with Gasteiger partial charge in [-0.05, 0) is 36.5 Å². The third kappa shape index (κ3) is 4.59. The SMILES string of the molecule is CCCc1cc(N=C(N)CCCO)c([NH2+]O)cc1CC. The van der Waals surface area contributed by atoms with E-state index >= 15 is 0 Å². The zero-order valence-corrected chi connectivity index (χ0v) is 12.4. The van der Waals surface area contributed by atoms with Crippen LogP contribution >= 0.6 is 0 Å². The molecule has 0 saturated carbocycles. The van der Waals surface area contributed by atoms with E-state index in [0.717, 1.165) is 24.7 Å². The van der Waals surface area contributed by atoms with Gasteiger partial charge in [0.1, 0.15) is 5.69 Å². The molecule has 0 aliphatic carbocycles. The first kappa shape index (κ1) is 16.6. The predicted octanol–water partition coefficient (Wildman–Crippen LogP) is 1.55. The third-order valence-corrected chi connectivity index (χ3v) is 3.24. The molecule has 1 aromatic rings. The first-order valence-electron chi connectivity index (χ1n) is 7.23. The molecule has 0 saturated heterocycles. The molecule has 0 spiro atoms. The molecule has 0 atom stereocenters. The second-order valence-electron chi connectivity index (χ2n) is 4.84. The number of quaternary nitrogens is 1. The second kappa shape index (κ2) is 8.68. The summed E-state index contributed by atoms with van der Waals surface area (Å²) in [7, 11) is 0. The van der Waals surface area contributed by atoms with Gasteiger partial charge in [-0.1, -0.05) is 20.3 Å². The van der Waals surface area contributed by atoms with Crippen LogP contribution in [0.15, 0.2) is 17.1 Å². The number of aliphatic hydroxyl groups excluding tert-OH is 1. The predicted molar refractivity (Wildman–Crippen MR) is 80.8 cm³/mol. The zero-order valence-electron chi connectivity index (χ0n) is 12.4. The molecule has 5 heteroatoms. The number of hydrogen-bond donors (Lipinski definition) is 4. The molecule has 0 heterocycles. The Balaban J connectivity index is 3.12. The van der Waals surface area contributed by atoms with Gasteiger partial charge in [-0.2, -0.15) is 5.48 Å². The van der Waals surface area contributed by atoms with E-state index in [1.807, 2.05) is 12.1 Å². The third-order valence-electron chi connectivity index (χ3n) is 3.24. The van der Waals surface area contributed by atoms with Crippen LogP contribution in [0, 0.1) is 0 Å². The van der Waals surface area contributed by atoms with Crippen LogP contribution in [0.25, 0.3) is 0 Å². The molecule has 0 amide bonds. The molecule has 0 radical (unpaired) electrons. The largest absolute Gasteiger partial charge is 0.396 e. The number of benzene rings is 1. The lowest BCUT2D eigenvalue weighted by Crippen LogP contribution is -2.73. The molecular weight excluding hydrogens is 254 g/mol. The summed E-state index contributed by atoms with van der Waals surface area (Å²) in [6.07, 6.45) is 4.15. The zero-order chi connectivity index (χ0) is 15.0. The van der Waals surface area contributed by atoms with Gasteiger partial charge in [0.25, 0.3) is 0 Å². The van der Waals surface area contributed by atoms with Crippen LogP contribution < -0.4 is 11.2 Å². The van der Waals surface area contributed by atoms with Gasteiger partial charge in [0.05, 0.1) is 5.84 Å². The van der Waals surface area contributed by atoms with E-state index in [-0.39, 0.29) is 6.61 Å². The van der Waals surface area contributed by atoms with Crippen molar-refractivity contribution < 1.29 is 15.8 Å². The molecule has 1 rings (SSSR count). The molecule has 0 unspecified atom stereocenters. The summed E-state index contributed by atoms with van der Waals surface area (Å²) in [6.45, 7) is 4.35. The highest BCUT2D eigenvalue weighted by Gasteiger charge is 2.11. The fraction of sp³-hybridized carbons (Fsp3) is 0.533. The monoisotopic (exact) mass is 280 g/mol. The second-order valence-corrected chi connectivity index (χ2v) is 4.84. The van der Waals surface area contributed by atoms with Gasteiger partial charge in [0.15, 0.2) is 5.69 Å². The van der Waals surface area contributed by atoms with Crippen LogP contribution in [0.5, 0.6) is 0 Å². The van der Waals surface area contributed by atoms with Crippen LogP contribution in [-0.2, 0) is 12.8 Å². The van der Waals surface area contributed by atoms with Crippen LogP contribution in [0.4, 0.5) is 11.4 Å². The maximum atomic E-state index is 9.37. The highest BCUT2D eigenvalue weighted by atomic mass is 16.5. The van der Waals surface area contributed by atoms with Crippen molar-refractivity contribution in [3.63, 3.8) is 0 Å². The number of aliphatic hydroxyl groups is 1. The van der Waals surface area contributed by atoms with Crippen molar-refractivity contribution in [2.24, 2.45) is 10.7 Å². The number of aryl methyl sites for hydroxylation is 2. The molecule has 0 aliphatic heterocycles. The Kier molecular flexibility index (Phi) is 7.22. The first-order valence-corrected chi connectivity index (χ1v) is 7.23. The highest BCUT2D eigenvalue weighted by Crippen LogP contribution is 2.27. The normalized spacial score (nSPS) is 11.9. The molecule has 0 fully saturated rings. The summed E-state index contributed by atoms with van der Waals surface area (Å²) in [5.74, 6) is 0.480. The van der Waals surface area contributed by atoms with Crippen LogP contribution in [-0.4, -0.2) is 22.8 Å². The van der Waals surface area contributed by atoms with Crippen molar-refractivity contribution in [3.8, 4) is 0 Å². The molecule has 0 aromatic heterocycles. The average molecular weight is 280 g/mol. The van der Waals surface area contributed by atoms with E-state index in [4.69, 9.17) is 10.8 Å². The topological polar surface area (TPSA) is 95.5 Å². The van der Waals surface area contributed by atoms with Crippen LogP contribution in [0.3, 0.4) is 0 Å². The van der Waals surface area contributed by atoms with E-state index < -0.39 is 0 Å². The number of nitrogens with two attached hydrogens (primary N) is 2. The summed E-state index contributed by atoms with van der Waals surface area (Å²) in [4.78, 5) is 4.38. The van der Waals surface area contributed by atoms with E-state index in [0.29, 0.717) is 30.1 Å². The number of rotatable bonds is 8. The number of nitrogens with zero attached hydrogens (tertiary/aromatic N) is 1. The van der Waals surface area contributed by atoms with Gasteiger partial charge in [-0.3, -0.25) is 0 Å². The van der Waals surface area contributed by atoms with Crippen molar-refractivity contribution in [3.05, 3.63) is 23.3 Å². The van der Waals surface area contributed by atoms with Crippen molar-refractivity contribution in [2.75, 3.05) is 6.61 Å². The molecule has 6 N–H and O–H groups in total. The van der Waals surface area contributed by atoms with Crippen molar-refractivity contribution in [1.82, 2.24) is 0 Å². The smallest absolute Gasteiger partial charge is 0.188 e. The minimum Gasteiger partial charge on any atom is -0.396 e. The maximum absolute atomic E-state index is 9.37. The van der Waals surface area contributed by atoms with E-state index in [1.54, 1.807) is 0 Å². The Labute approximate surface area is 120 Å². The lowest BCUT2D eigenvalue weighted by molar-refractivity contribution is -0.825. The molecule has 112 valence electrons. The highest BCUT2D eigenvalue weighted by molar-refractivity contribution is 5.84. The Hall–Kier alpha value is -1.43. The lowest BCUT2D eigenvalue weighted by Gasteiger charge is -2.10. The fourth-order valence-electron chi connectivity index (χ4n) is 2.20. The van der Waals surface area contributed by atoms with E-state index in [2.05, 4.69) is 18.8 Å². The van der Waals surface area contributed by atoms with Crippen LogP contribution in [0.2, 0.25) is 0 Å². The van der Waals surface area contributed by atoms with E-state index in [9.17, 15) is 5.21 Å². The minimum absolute atomic E-state index is 0.102. The fourth-order valence-corrected chi connectivity index (χ4v) is 2.20. The van der Waals surface area contributed by atoms with Crippen molar-refractivity contribution >= 4 is 17.2 Å². The summed E-state index contributed by atoms with van der Waals surface area (Å²) in [6, 6.07) is 3.99. The van der Waals surface area contributed by atoms with E-state index in [1.165, 1.54) is 11.1 Å². The Morgan fingerprint density at radius 1 is 1.30 bits per heavy atom. The summed E-state index contributed by atoms with van der Waals surface area (Å²) in [5.41, 5.74) is 10.8. The number of amidine groups is 1. The van der Waals surface area contributed by atoms with Crippen LogP contribution in [0.1, 0.15) is 44.2 Å². The summed E-state index contributed by atoms with van der Waals surface area (Å²) >= 11 is 0. The van der Waals surface area contributed by atoms with Gasteiger partial charge >= 0.3 is 0 Å². The lowest BCUT2D eigenvalue weighted by atomic mass is 9.99. The molecule has 0 bridgehead atoms. The Bertz CT molecular complexity index is 459. The average Bonchev–Trinajstić information content (AvgIpc) is 2.45.